The maximum Gasteiger partial charge on any atom is 0.131 e. The molecule has 0 bridgehead atoms. The molecule has 0 spiro atoms. The lowest BCUT2D eigenvalue weighted by atomic mass is 9.85. The van der Waals surface area contributed by atoms with Crippen molar-refractivity contribution in [1.82, 2.24) is 0 Å². The van der Waals surface area contributed by atoms with Crippen LogP contribution in [0, 0.1) is 16.2 Å². The molecule has 0 rings (SSSR count). The smallest absolute Gasteiger partial charge is 0.131 e. The van der Waals surface area contributed by atoms with Gasteiger partial charge in [-0.05, 0) is 11.8 Å². The number of nitrogens with two attached hydrogens (primary N) is 1. The van der Waals surface area contributed by atoms with Gasteiger partial charge in [-0.15, -0.1) is 0 Å². The van der Waals surface area contributed by atoms with Crippen molar-refractivity contribution < 1.29 is 0 Å². The van der Waals surface area contributed by atoms with Crippen LogP contribution in [0.25, 0.3) is 0 Å². The highest BCUT2D eigenvalue weighted by Gasteiger charge is 2.27. The molecular formula is C17H35N3. The Morgan fingerprint density at radius 1 is 0.900 bits per heavy atom. The first-order chi connectivity index (χ1) is 8.69. The summed E-state index contributed by atoms with van der Waals surface area (Å²) in [5.41, 5.74) is 6.05. The molecule has 0 aromatic carbocycles. The largest absolute Gasteiger partial charge is 0.387 e. The first-order valence-corrected chi connectivity index (χ1v) is 7.62. The van der Waals surface area contributed by atoms with Gasteiger partial charge in [0.05, 0.1) is 6.04 Å². The van der Waals surface area contributed by atoms with Crippen LogP contribution in [-0.2, 0) is 0 Å². The molecule has 0 aromatic rings. The summed E-state index contributed by atoms with van der Waals surface area (Å²) in [4.78, 5) is 9.60. The second-order valence-electron chi connectivity index (χ2n) is 8.74. The molecule has 0 saturated heterocycles. The fourth-order valence-corrected chi connectivity index (χ4v) is 1.72. The molecule has 0 radical (unpaired) electrons. The molecule has 3 nitrogen and oxygen atoms in total. The molecule has 118 valence electrons. The molecule has 0 aliphatic carbocycles. The summed E-state index contributed by atoms with van der Waals surface area (Å²) in [5, 5.41) is 0. The Kier molecular flexibility index (Phi) is 6.01. The number of hydrogen-bond donors (Lipinski definition) is 1. The monoisotopic (exact) mass is 281 g/mol. The van der Waals surface area contributed by atoms with Crippen molar-refractivity contribution in [3.8, 4) is 0 Å². The van der Waals surface area contributed by atoms with Gasteiger partial charge >= 0.3 is 0 Å². The highest BCUT2D eigenvalue weighted by molar-refractivity contribution is 6.00. The van der Waals surface area contributed by atoms with Crippen molar-refractivity contribution in [3.63, 3.8) is 0 Å². The zero-order valence-corrected chi connectivity index (χ0v) is 15.3. The van der Waals surface area contributed by atoms with E-state index in [1.54, 1.807) is 0 Å². The van der Waals surface area contributed by atoms with E-state index in [1.807, 2.05) is 0 Å². The van der Waals surface area contributed by atoms with Gasteiger partial charge in [0, 0.05) is 10.8 Å². The standard InChI is InChI=1S/C17H35N3/c1-11-12(15(2,3)4)19-14(17(8,9)10)20-13(18)16(5,6)7/h12H,11H2,1-10H3,(H2,18,19,20). The van der Waals surface area contributed by atoms with E-state index in [1.165, 1.54) is 0 Å². The molecule has 0 aromatic heterocycles. The van der Waals surface area contributed by atoms with Gasteiger partial charge in [0.2, 0.25) is 0 Å². The number of amidine groups is 2. The fraction of sp³-hybridized carbons (Fsp3) is 0.882. The highest BCUT2D eigenvalue weighted by Crippen LogP contribution is 2.28. The molecule has 3 heteroatoms. The summed E-state index contributed by atoms with van der Waals surface area (Å²) in [7, 11) is 0. The average molecular weight is 281 g/mol. The third kappa shape index (κ3) is 6.06. The van der Waals surface area contributed by atoms with Gasteiger partial charge in [-0.1, -0.05) is 69.2 Å². The van der Waals surface area contributed by atoms with Crippen molar-refractivity contribution in [2.75, 3.05) is 0 Å². The molecule has 0 saturated carbocycles. The highest BCUT2D eigenvalue weighted by atomic mass is 15.0. The van der Waals surface area contributed by atoms with E-state index in [2.05, 4.69) is 74.2 Å². The van der Waals surface area contributed by atoms with E-state index in [-0.39, 0.29) is 22.3 Å². The minimum absolute atomic E-state index is 0.103. The van der Waals surface area contributed by atoms with Crippen molar-refractivity contribution in [2.45, 2.75) is 81.7 Å². The topological polar surface area (TPSA) is 50.7 Å². The van der Waals surface area contributed by atoms with Crippen LogP contribution < -0.4 is 5.73 Å². The lowest BCUT2D eigenvalue weighted by Gasteiger charge is -2.29. The molecule has 2 N–H and O–H groups in total. The Balaban J connectivity index is 5.73. The molecule has 0 aliphatic heterocycles. The van der Waals surface area contributed by atoms with Crippen LogP contribution in [-0.4, -0.2) is 17.7 Å². The molecule has 1 atom stereocenters. The first-order valence-electron chi connectivity index (χ1n) is 7.62. The van der Waals surface area contributed by atoms with Crippen LogP contribution >= 0.6 is 0 Å². The van der Waals surface area contributed by atoms with E-state index in [0.29, 0.717) is 5.84 Å². The van der Waals surface area contributed by atoms with E-state index >= 15 is 0 Å². The van der Waals surface area contributed by atoms with Crippen molar-refractivity contribution in [1.29, 1.82) is 0 Å². The van der Waals surface area contributed by atoms with Crippen LogP contribution in [0.2, 0.25) is 0 Å². The molecule has 0 aliphatic rings. The summed E-state index contributed by atoms with van der Waals surface area (Å²) in [6, 6.07) is 0.258. The van der Waals surface area contributed by atoms with Gasteiger partial charge in [0.25, 0.3) is 0 Å². The molecule has 20 heavy (non-hydrogen) atoms. The normalized spacial score (nSPS) is 17.3. The van der Waals surface area contributed by atoms with Crippen LogP contribution in [0.3, 0.4) is 0 Å². The Labute approximate surface area is 126 Å². The molecule has 1 unspecified atom stereocenters. The van der Waals surface area contributed by atoms with Gasteiger partial charge in [-0.25, -0.2) is 4.99 Å². The van der Waals surface area contributed by atoms with Crippen molar-refractivity contribution in [2.24, 2.45) is 32.0 Å². The van der Waals surface area contributed by atoms with Crippen molar-refractivity contribution >= 4 is 11.7 Å². The Morgan fingerprint density at radius 2 is 1.35 bits per heavy atom. The Morgan fingerprint density at radius 3 is 1.60 bits per heavy atom. The van der Waals surface area contributed by atoms with E-state index in [4.69, 9.17) is 10.7 Å². The molecular weight excluding hydrogens is 246 g/mol. The van der Waals surface area contributed by atoms with Gasteiger partial charge in [-0.3, -0.25) is 4.99 Å². The van der Waals surface area contributed by atoms with E-state index in [9.17, 15) is 0 Å². The van der Waals surface area contributed by atoms with Gasteiger partial charge in [0.15, 0.2) is 0 Å². The summed E-state index contributed by atoms with van der Waals surface area (Å²) in [5.74, 6) is 1.50. The van der Waals surface area contributed by atoms with Crippen molar-refractivity contribution in [3.05, 3.63) is 0 Å². The van der Waals surface area contributed by atoms with Crippen LogP contribution in [0.1, 0.15) is 75.7 Å². The zero-order chi connectivity index (χ0) is 16.4. The predicted molar refractivity (Wildman–Crippen MR) is 91.5 cm³/mol. The molecule has 0 amide bonds. The minimum Gasteiger partial charge on any atom is -0.387 e. The zero-order valence-electron chi connectivity index (χ0n) is 15.3. The molecule has 0 heterocycles. The second kappa shape index (κ2) is 6.28. The third-order valence-electron chi connectivity index (χ3n) is 3.33. The van der Waals surface area contributed by atoms with Gasteiger partial charge < -0.3 is 5.73 Å². The minimum atomic E-state index is -0.130. The summed E-state index contributed by atoms with van der Waals surface area (Å²) in [6.07, 6.45) is 1.01. The number of aliphatic imine (C=N–C) groups is 2. The summed E-state index contributed by atoms with van der Waals surface area (Å²) < 4.78 is 0. The van der Waals surface area contributed by atoms with E-state index < -0.39 is 0 Å². The Bertz CT molecular complexity index is 371. The Hall–Kier alpha value is -0.860. The lowest BCUT2D eigenvalue weighted by Crippen LogP contribution is -2.34. The lowest BCUT2D eigenvalue weighted by molar-refractivity contribution is 0.313. The van der Waals surface area contributed by atoms with Gasteiger partial charge in [-0.2, -0.15) is 0 Å². The first kappa shape index (κ1) is 19.1. The molecule has 0 fully saturated rings. The van der Waals surface area contributed by atoms with Crippen LogP contribution in [0.4, 0.5) is 0 Å². The maximum atomic E-state index is 6.14. The second-order valence-corrected chi connectivity index (χ2v) is 8.74. The number of rotatable bonds is 2. The maximum absolute atomic E-state index is 6.14. The summed E-state index contributed by atoms with van der Waals surface area (Å²) in [6.45, 7) is 21.5. The average Bonchev–Trinajstić information content (AvgIpc) is 2.18. The quantitative estimate of drug-likeness (QED) is 0.581. The summed E-state index contributed by atoms with van der Waals surface area (Å²) >= 11 is 0. The van der Waals surface area contributed by atoms with Crippen LogP contribution in [0.15, 0.2) is 9.98 Å². The predicted octanol–water partition coefficient (Wildman–Crippen LogP) is 4.66. The van der Waals surface area contributed by atoms with E-state index in [0.717, 1.165) is 12.3 Å². The fourth-order valence-electron chi connectivity index (χ4n) is 1.72. The SMILES string of the molecule is CCC(/N=C(\N=C(/N)C(C)(C)C)C(C)(C)C)C(C)(C)C. The van der Waals surface area contributed by atoms with Crippen LogP contribution in [0.5, 0.6) is 0 Å². The number of hydrogen-bond acceptors (Lipinski definition) is 1. The number of nitrogens with zero attached hydrogens (tertiary/aromatic N) is 2. The third-order valence-corrected chi connectivity index (χ3v) is 3.33. The van der Waals surface area contributed by atoms with Gasteiger partial charge in [0.1, 0.15) is 11.7 Å².